The maximum atomic E-state index is 12.3. The van der Waals surface area contributed by atoms with Crippen molar-refractivity contribution in [1.29, 1.82) is 0 Å². The molecule has 3 nitrogen and oxygen atoms in total. The lowest BCUT2D eigenvalue weighted by Gasteiger charge is -2.42. The molecule has 0 bridgehead atoms. The Bertz CT molecular complexity index is 490. The van der Waals surface area contributed by atoms with Crippen LogP contribution in [0.3, 0.4) is 0 Å². The van der Waals surface area contributed by atoms with Crippen molar-refractivity contribution < 1.29 is 4.79 Å². The molecule has 21 heavy (non-hydrogen) atoms. The molecule has 1 aromatic carbocycles. The Morgan fingerprint density at radius 1 is 1.43 bits per heavy atom. The van der Waals surface area contributed by atoms with E-state index in [1.165, 1.54) is 4.90 Å². The highest BCUT2D eigenvalue weighted by atomic mass is 79.9. The summed E-state index contributed by atoms with van der Waals surface area (Å²) in [5.74, 6) is 1.07. The van der Waals surface area contributed by atoms with E-state index in [-0.39, 0.29) is 17.4 Å². The molecule has 0 spiro atoms. The van der Waals surface area contributed by atoms with Gasteiger partial charge in [0.2, 0.25) is 5.91 Å². The highest BCUT2D eigenvalue weighted by Gasteiger charge is 2.34. The number of rotatable bonds is 4. The molecule has 5 heteroatoms. The summed E-state index contributed by atoms with van der Waals surface area (Å²) in [6, 6.07) is 8.39. The number of nitrogens with two attached hydrogens (primary N) is 1. The first-order valence-corrected chi connectivity index (χ1v) is 9.08. The van der Waals surface area contributed by atoms with Gasteiger partial charge >= 0.3 is 0 Å². The molecule has 2 rings (SSSR count). The molecule has 0 aliphatic carbocycles. The monoisotopic (exact) mass is 370 g/mol. The molecule has 1 unspecified atom stereocenters. The molecule has 1 saturated heterocycles. The topological polar surface area (TPSA) is 46.3 Å². The predicted molar refractivity (Wildman–Crippen MR) is 92.4 cm³/mol. The van der Waals surface area contributed by atoms with Gasteiger partial charge in [-0.25, -0.2) is 0 Å². The van der Waals surface area contributed by atoms with Gasteiger partial charge < -0.3 is 10.6 Å². The second kappa shape index (κ2) is 7.16. The Labute approximate surface area is 139 Å². The summed E-state index contributed by atoms with van der Waals surface area (Å²) in [6.45, 7) is 5.86. The van der Waals surface area contributed by atoms with Crippen molar-refractivity contribution in [2.75, 3.05) is 18.8 Å². The van der Waals surface area contributed by atoms with Gasteiger partial charge in [0.15, 0.2) is 0 Å². The minimum Gasteiger partial charge on any atom is -0.342 e. The first kappa shape index (κ1) is 16.8. The molecule has 1 heterocycles. The van der Waals surface area contributed by atoms with Crippen molar-refractivity contribution in [2.45, 2.75) is 37.6 Å². The molecule has 0 radical (unpaired) electrons. The van der Waals surface area contributed by atoms with Crippen LogP contribution < -0.4 is 5.73 Å². The number of nitrogens with zero attached hydrogens (tertiary/aromatic N) is 1. The van der Waals surface area contributed by atoms with Crippen LogP contribution in [0.2, 0.25) is 0 Å². The summed E-state index contributed by atoms with van der Waals surface area (Å²) < 4.78 is 1.08. The van der Waals surface area contributed by atoms with Crippen LogP contribution in [0, 0.1) is 5.41 Å². The standard InChI is InChI=1S/C16H23BrN2OS/c1-16(2)11-19(9-7-14(16)18)15(20)8-10-21-13-5-3-12(17)4-6-13/h3-6,14H,7-11,18H2,1-2H3. The maximum absolute atomic E-state index is 12.3. The minimum absolute atomic E-state index is 0.0206. The summed E-state index contributed by atoms with van der Waals surface area (Å²) >= 11 is 5.15. The quantitative estimate of drug-likeness (QED) is 0.824. The number of piperidine rings is 1. The lowest BCUT2D eigenvalue weighted by Crippen LogP contribution is -2.54. The molecule has 0 saturated carbocycles. The van der Waals surface area contributed by atoms with E-state index >= 15 is 0 Å². The number of benzene rings is 1. The van der Waals surface area contributed by atoms with Crippen molar-refractivity contribution in [3.05, 3.63) is 28.7 Å². The second-order valence-corrected chi connectivity index (χ2v) is 8.34. The molecule has 1 aliphatic rings. The average Bonchev–Trinajstić information content (AvgIpc) is 2.44. The Kier molecular flexibility index (Phi) is 5.74. The van der Waals surface area contributed by atoms with Crippen molar-refractivity contribution >= 4 is 33.6 Å². The fourth-order valence-corrected chi connectivity index (χ4v) is 3.64. The molecular formula is C16H23BrN2OS. The maximum Gasteiger partial charge on any atom is 0.223 e. The van der Waals surface area contributed by atoms with Crippen LogP contribution >= 0.6 is 27.7 Å². The van der Waals surface area contributed by atoms with Crippen LogP contribution in [0.25, 0.3) is 0 Å². The molecule has 116 valence electrons. The van der Waals surface area contributed by atoms with Crippen LogP contribution in [0.5, 0.6) is 0 Å². The highest BCUT2D eigenvalue weighted by Crippen LogP contribution is 2.28. The Hall–Kier alpha value is -0.520. The molecule has 1 atom stereocenters. The average molecular weight is 371 g/mol. The number of amides is 1. The minimum atomic E-state index is 0.0206. The lowest BCUT2D eigenvalue weighted by molar-refractivity contribution is -0.134. The zero-order valence-electron chi connectivity index (χ0n) is 12.6. The smallest absolute Gasteiger partial charge is 0.223 e. The van der Waals surface area contributed by atoms with Crippen molar-refractivity contribution in [3.63, 3.8) is 0 Å². The van der Waals surface area contributed by atoms with Gasteiger partial charge in [-0.15, -0.1) is 11.8 Å². The van der Waals surface area contributed by atoms with Gasteiger partial charge in [0.05, 0.1) is 0 Å². The molecule has 2 N–H and O–H groups in total. The third-order valence-corrected chi connectivity index (χ3v) is 5.61. The number of carbonyl (C=O) groups is 1. The zero-order chi connectivity index (χ0) is 15.5. The van der Waals surface area contributed by atoms with E-state index < -0.39 is 0 Å². The first-order chi connectivity index (χ1) is 9.88. The van der Waals surface area contributed by atoms with Gasteiger partial charge in [0.25, 0.3) is 0 Å². The zero-order valence-corrected chi connectivity index (χ0v) is 15.0. The van der Waals surface area contributed by atoms with Crippen LogP contribution in [0.4, 0.5) is 0 Å². The normalized spacial score (nSPS) is 21.3. The molecule has 0 aromatic heterocycles. The van der Waals surface area contributed by atoms with E-state index in [1.807, 2.05) is 17.0 Å². The summed E-state index contributed by atoms with van der Waals surface area (Å²) in [7, 11) is 0. The largest absolute Gasteiger partial charge is 0.342 e. The van der Waals surface area contributed by atoms with E-state index in [4.69, 9.17) is 5.73 Å². The third-order valence-electron chi connectivity index (χ3n) is 4.06. The van der Waals surface area contributed by atoms with Gasteiger partial charge in [-0.3, -0.25) is 4.79 Å². The predicted octanol–water partition coefficient (Wildman–Crippen LogP) is 3.52. The number of likely N-dealkylation sites (tertiary alicyclic amines) is 1. The Morgan fingerprint density at radius 2 is 2.10 bits per heavy atom. The van der Waals surface area contributed by atoms with Crippen LogP contribution in [-0.2, 0) is 4.79 Å². The summed E-state index contributed by atoms with van der Waals surface area (Å²) in [5, 5.41) is 0. The highest BCUT2D eigenvalue weighted by molar-refractivity contribution is 9.10. The number of hydrogen-bond acceptors (Lipinski definition) is 3. The molecule has 1 amide bonds. The fourth-order valence-electron chi connectivity index (χ4n) is 2.53. The fraction of sp³-hybridized carbons (Fsp3) is 0.562. The molecule has 1 aromatic rings. The molecular weight excluding hydrogens is 348 g/mol. The van der Waals surface area contributed by atoms with Gasteiger partial charge in [-0.2, -0.15) is 0 Å². The van der Waals surface area contributed by atoms with Gasteiger partial charge in [-0.05, 0) is 36.1 Å². The van der Waals surface area contributed by atoms with E-state index in [9.17, 15) is 4.79 Å². The van der Waals surface area contributed by atoms with E-state index in [1.54, 1.807) is 11.8 Å². The third kappa shape index (κ3) is 4.73. The number of hydrogen-bond donors (Lipinski definition) is 1. The van der Waals surface area contributed by atoms with Crippen molar-refractivity contribution in [1.82, 2.24) is 4.90 Å². The van der Waals surface area contributed by atoms with Crippen molar-refractivity contribution in [3.8, 4) is 0 Å². The number of halogens is 1. The number of carbonyl (C=O) groups excluding carboxylic acids is 1. The summed E-state index contributed by atoms with van der Waals surface area (Å²) in [5.41, 5.74) is 6.14. The summed E-state index contributed by atoms with van der Waals surface area (Å²) in [4.78, 5) is 15.5. The van der Waals surface area contributed by atoms with E-state index in [0.717, 1.165) is 29.7 Å². The van der Waals surface area contributed by atoms with Crippen LogP contribution in [0.1, 0.15) is 26.7 Å². The van der Waals surface area contributed by atoms with Crippen LogP contribution in [-0.4, -0.2) is 35.7 Å². The molecule has 1 aliphatic heterocycles. The Balaban J connectivity index is 1.78. The van der Waals surface area contributed by atoms with Crippen LogP contribution in [0.15, 0.2) is 33.6 Å². The van der Waals surface area contributed by atoms with Gasteiger partial charge in [-0.1, -0.05) is 29.8 Å². The second-order valence-electron chi connectivity index (χ2n) is 6.25. The van der Waals surface area contributed by atoms with Gasteiger partial charge in [0.1, 0.15) is 0 Å². The van der Waals surface area contributed by atoms with E-state index in [2.05, 4.69) is 41.9 Å². The lowest BCUT2D eigenvalue weighted by atomic mass is 9.79. The molecule has 1 fully saturated rings. The number of thioether (sulfide) groups is 1. The Morgan fingerprint density at radius 3 is 2.71 bits per heavy atom. The SMILES string of the molecule is CC1(C)CN(C(=O)CCSc2ccc(Br)cc2)CCC1N. The first-order valence-electron chi connectivity index (χ1n) is 7.30. The van der Waals surface area contributed by atoms with Crippen molar-refractivity contribution in [2.24, 2.45) is 11.1 Å². The van der Waals surface area contributed by atoms with Gasteiger partial charge in [0, 0.05) is 40.7 Å². The summed E-state index contributed by atoms with van der Waals surface area (Å²) in [6.07, 6.45) is 1.49. The van der Waals surface area contributed by atoms with E-state index in [0.29, 0.717) is 6.42 Å².